The van der Waals surface area contributed by atoms with Crippen molar-refractivity contribution >= 4 is 5.91 Å². The van der Waals surface area contributed by atoms with Crippen LogP contribution in [0.1, 0.15) is 10.4 Å². The van der Waals surface area contributed by atoms with Gasteiger partial charge in [-0.05, 0) is 0 Å². The standard InChI is InChI=1S/C17H21N3O3/c1-22-10-8-20(9-11-23-2)17(21)15-12-18-16(19-13-15)14-6-4-3-5-7-14/h3-7,12-13H,8-11H2,1-2H3. The molecule has 2 rings (SSSR count). The van der Waals surface area contributed by atoms with Gasteiger partial charge in [-0.2, -0.15) is 0 Å². The van der Waals surface area contributed by atoms with Crippen LogP contribution in [0.15, 0.2) is 42.7 Å². The van der Waals surface area contributed by atoms with Crippen molar-refractivity contribution in [1.29, 1.82) is 0 Å². The molecule has 0 bridgehead atoms. The molecule has 0 unspecified atom stereocenters. The van der Waals surface area contributed by atoms with Crippen molar-refractivity contribution in [3.05, 3.63) is 48.3 Å². The Balaban J connectivity index is 2.11. The molecule has 122 valence electrons. The van der Waals surface area contributed by atoms with Crippen molar-refractivity contribution in [2.24, 2.45) is 0 Å². The van der Waals surface area contributed by atoms with Crippen molar-refractivity contribution < 1.29 is 14.3 Å². The lowest BCUT2D eigenvalue weighted by Crippen LogP contribution is -2.36. The van der Waals surface area contributed by atoms with Crippen LogP contribution in [0, 0.1) is 0 Å². The predicted molar refractivity (Wildman–Crippen MR) is 87.1 cm³/mol. The van der Waals surface area contributed by atoms with Gasteiger partial charge in [0.15, 0.2) is 5.82 Å². The highest BCUT2D eigenvalue weighted by Crippen LogP contribution is 2.13. The highest BCUT2D eigenvalue weighted by molar-refractivity contribution is 5.93. The van der Waals surface area contributed by atoms with Crippen LogP contribution in [0.3, 0.4) is 0 Å². The molecule has 1 amide bonds. The fourth-order valence-corrected chi connectivity index (χ4v) is 2.08. The minimum atomic E-state index is -0.126. The van der Waals surface area contributed by atoms with E-state index in [4.69, 9.17) is 9.47 Å². The lowest BCUT2D eigenvalue weighted by Gasteiger charge is -2.21. The van der Waals surface area contributed by atoms with Crippen LogP contribution in [0.2, 0.25) is 0 Å². The lowest BCUT2D eigenvalue weighted by molar-refractivity contribution is 0.0626. The Morgan fingerprint density at radius 3 is 2.09 bits per heavy atom. The summed E-state index contributed by atoms with van der Waals surface area (Å²) in [5.74, 6) is 0.473. The topological polar surface area (TPSA) is 64.6 Å². The molecule has 0 spiro atoms. The second-order valence-electron chi connectivity index (χ2n) is 4.94. The molecule has 1 aromatic carbocycles. The van der Waals surface area contributed by atoms with Crippen LogP contribution in [0.5, 0.6) is 0 Å². The maximum absolute atomic E-state index is 12.5. The number of carbonyl (C=O) groups excluding carboxylic acids is 1. The normalized spacial score (nSPS) is 10.5. The van der Waals surface area contributed by atoms with Gasteiger partial charge in [0, 0.05) is 45.3 Å². The SMILES string of the molecule is COCCN(CCOC)C(=O)c1cnc(-c2ccccc2)nc1. The van der Waals surface area contributed by atoms with E-state index in [0.29, 0.717) is 37.7 Å². The molecular formula is C17H21N3O3. The molecule has 6 nitrogen and oxygen atoms in total. The van der Waals surface area contributed by atoms with Crippen molar-refractivity contribution in [2.75, 3.05) is 40.5 Å². The Morgan fingerprint density at radius 1 is 1.00 bits per heavy atom. The van der Waals surface area contributed by atoms with E-state index in [-0.39, 0.29) is 5.91 Å². The van der Waals surface area contributed by atoms with E-state index in [0.717, 1.165) is 5.56 Å². The Hall–Kier alpha value is -2.31. The van der Waals surface area contributed by atoms with Crippen LogP contribution >= 0.6 is 0 Å². The third-order valence-electron chi connectivity index (χ3n) is 3.35. The van der Waals surface area contributed by atoms with Crippen molar-refractivity contribution in [2.45, 2.75) is 0 Å². The summed E-state index contributed by atoms with van der Waals surface area (Å²) in [4.78, 5) is 22.8. The molecule has 0 saturated carbocycles. The monoisotopic (exact) mass is 315 g/mol. The number of aromatic nitrogens is 2. The molecule has 6 heteroatoms. The molecule has 23 heavy (non-hydrogen) atoms. The summed E-state index contributed by atoms with van der Waals surface area (Å²) in [6.45, 7) is 1.94. The first kappa shape index (κ1) is 17.1. The molecule has 1 aromatic heterocycles. The summed E-state index contributed by atoms with van der Waals surface area (Å²) in [7, 11) is 3.22. The summed E-state index contributed by atoms with van der Waals surface area (Å²) in [6.07, 6.45) is 3.12. The second kappa shape index (κ2) is 8.97. The fraction of sp³-hybridized carbons (Fsp3) is 0.353. The van der Waals surface area contributed by atoms with Gasteiger partial charge in [-0.1, -0.05) is 30.3 Å². The average Bonchev–Trinajstić information content (AvgIpc) is 2.62. The van der Waals surface area contributed by atoms with Crippen molar-refractivity contribution in [3.63, 3.8) is 0 Å². The Bertz CT molecular complexity index is 594. The Labute approximate surface area is 136 Å². The van der Waals surface area contributed by atoms with Gasteiger partial charge in [0.25, 0.3) is 5.91 Å². The van der Waals surface area contributed by atoms with Gasteiger partial charge in [0.1, 0.15) is 0 Å². The minimum absolute atomic E-state index is 0.126. The molecule has 0 radical (unpaired) electrons. The molecule has 0 aliphatic carbocycles. The molecule has 1 heterocycles. The molecule has 0 saturated heterocycles. The summed E-state index contributed by atoms with van der Waals surface area (Å²) in [6, 6.07) is 9.65. The molecule has 2 aromatic rings. The number of ether oxygens (including phenoxy) is 2. The van der Waals surface area contributed by atoms with E-state index in [1.165, 1.54) is 0 Å². The third-order valence-corrected chi connectivity index (χ3v) is 3.35. The van der Waals surface area contributed by atoms with E-state index < -0.39 is 0 Å². The molecule has 0 aliphatic rings. The maximum Gasteiger partial charge on any atom is 0.257 e. The fourth-order valence-electron chi connectivity index (χ4n) is 2.08. The van der Waals surface area contributed by atoms with E-state index in [1.54, 1.807) is 31.5 Å². The van der Waals surface area contributed by atoms with Gasteiger partial charge in [0.05, 0.1) is 18.8 Å². The van der Waals surface area contributed by atoms with E-state index in [9.17, 15) is 4.79 Å². The molecule has 0 N–H and O–H groups in total. The lowest BCUT2D eigenvalue weighted by atomic mass is 10.2. The van der Waals surface area contributed by atoms with Crippen LogP contribution in [0.25, 0.3) is 11.4 Å². The van der Waals surface area contributed by atoms with Gasteiger partial charge in [0.2, 0.25) is 0 Å². The van der Waals surface area contributed by atoms with Crippen LogP contribution in [-0.2, 0) is 9.47 Å². The highest BCUT2D eigenvalue weighted by Gasteiger charge is 2.16. The minimum Gasteiger partial charge on any atom is -0.383 e. The van der Waals surface area contributed by atoms with E-state index in [1.807, 2.05) is 30.3 Å². The number of hydrogen-bond donors (Lipinski definition) is 0. The number of carbonyl (C=O) groups is 1. The first-order valence-corrected chi connectivity index (χ1v) is 7.41. The van der Waals surface area contributed by atoms with E-state index in [2.05, 4.69) is 9.97 Å². The zero-order valence-corrected chi connectivity index (χ0v) is 13.4. The van der Waals surface area contributed by atoms with Crippen LogP contribution < -0.4 is 0 Å². The Morgan fingerprint density at radius 2 is 1.57 bits per heavy atom. The van der Waals surface area contributed by atoms with Crippen molar-refractivity contribution in [3.8, 4) is 11.4 Å². The van der Waals surface area contributed by atoms with Gasteiger partial charge < -0.3 is 14.4 Å². The summed E-state index contributed by atoms with van der Waals surface area (Å²) in [5, 5.41) is 0. The molecule has 0 atom stereocenters. The number of rotatable bonds is 8. The zero-order chi connectivity index (χ0) is 16.5. The van der Waals surface area contributed by atoms with Gasteiger partial charge in [-0.15, -0.1) is 0 Å². The highest BCUT2D eigenvalue weighted by atomic mass is 16.5. The summed E-state index contributed by atoms with van der Waals surface area (Å²) in [5.41, 5.74) is 1.37. The number of hydrogen-bond acceptors (Lipinski definition) is 5. The largest absolute Gasteiger partial charge is 0.383 e. The summed E-state index contributed by atoms with van der Waals surface area (Å²) < 4.78 is 10.1. The quantitative estimate of drug-likeness (QED) is 0.744. The first-order chi connectivity index (χ1) is 11.3. The smallest absolute Gasteiger partial charge is 0.257 e. The zero-order valence-electron chi connectivity index (χ0n) is 13.4. The second-order valence-corrected chi connectivity index (χ2v) is 4.94. The summed E-state index contributed by atoms with van der Waals surface area (Å²) >= 11 is 0. The number of amides is 1. The Kier molecular flexibility index (Phi) is 6.65. The number of methoxy groups -OCH3 is 2. The van der Waals surface area contributed by atoms with Gasteiger partial charge >= 0.3 is 0 Å². The maximum atomic E-state index is 12.5. The van der Waals surface area contributed by atoms with Crippen molar-refractivity contribution in [1.82, 2.24) is 14.9 Å². The van der Waals surface area contributed by atoms with Crippen LogP contribution in [0.4, 0.5) is 0 Å². The predicted octanol–water partition coefficient (Wildman–Crippen LogP) is 1.88. The average molecular weight is 315 g/mol. The van der Waals surface area contributed by atoms with Gasteiger partial charge in [-0.3, -0.25) is 4.79 Å². The first-order valence-electron chi connectivity index (χ1n) is 7.41. The van der Waals surface area contributed by atoms with Gasteiger partial charge in [-0.25, -0.2) is 9.97 Å². The molecular weight excluding hydrogens is 294 g/mol. The molecule has 0 fully saturated rings. The molecule has 0 aliphatic heterocycles. The number of benzene rings is 1. The third kappa shape index (κ3) is 4.84. The van der Waals surface area contributed by atoms with E-state index >= 15 is 0 Å². The van der Waals surface area contributed by atoms with Crippen LogP contribution in [-0.4, -0.2) is 61.3 Å². The number of nitrogens with zero attached hydrogens (tertiary/aromatic N) is 3.